The Kier molecular flexibility index (Phi) is 14.8. The summed E-state index contributed by atoms with van der Waals surface area (Å²) in [4.78, 5) is 20.0. The van der Waals surface area contributed by atoms with Crippen LogP contribution >= 0.6 is 57.5 Å². The van der Waals surface area contributed by atoms with E-state index in [0.29, 0.717) is 74.7 Å². The fourth-order valence-electron chi connectivity index (χ4n) is 7.76. The van der Waals surface area contributed by atoms with E-state index in [0.717, 1.165) is 109 Å². The van der Waals surface area contributed by atoms with Gasteiger partial charge in [-0.15, -0.1) is 20.5 Å². The van der Waals surface area contributed by atoms with Gasteiger partial charge in [0.15, 0.2) is 23.6 Å². The van der Waals surface area contributed by atoms with Crippen LogP contribution in [0.1, 0.15) is 70.9 Å². The Balaban J connectivity index is 1.20. The minimum atomic E-state index is -4.45. The number of fused-ring (bicyclic) bond motifs is 2. The number of anilines is 6. The van der Waals surface area contributed by atoms with E-state index in [4.69, 9.17) is 15.0 Å². The molecule has 67 heavy (non-hydrogen) atoms. The molecule has 0 atom stereocenters. The van der Waals surface area contributed by atoms with Gasteiger partial charge in [0.1, 0.15) is 21.0 Å². The molecule has 1 aliphatic carbocycles. The summed E-state index contributed by atoms with van der Waals surface area (Å²) in [5.41, 5.74) is 4.57. The molecule has 5 heterocycles. The van der Waals surface area contributed by atoms with Gasteiger partial charge in [0.05, 0.1) is 22.1 Å². The molecular weight excluding hydrogens is 995 g/mol. The highest BCUT2D eigenvalue weighted by Crippen LogP contribution is 2.45. The Morgan fingerprint density at radius 3 is 1.49 bits per heavy atom. The number of nitrogens with one attached hydrogen (secondary N) is 2. The monoisotopic (exact) mass is 1040 g/mol. The Hall–Kier alpha value is -4.80. The van der Waals surface area contributed by atoms with E-state index < -0.39 is 20.2 Å². The van der Waals surface area contributed by atoms with E-state index in [1.165, 1.54) is 6.42 Å². The predicted molar refractivity (Wildman–Crippen MR) is 272 cm³/mol. The van der Waals surface area contributed by atoms with Crippen molar-refractivity contribution in [1.82, 2.24) is 23.7 Å². The lowest BCUT2D eigenvalue weighted by molar-refractivity contribution is 0.483. The smallest absolute Gasteiger partial charge is 0.304 e. The molecule has 354 valence electrons. The number of benzene rings is 2. The molecule has 0 aliphatic heterocycles. The topological polar surface area (TPSA) is 253 Å². The van der Waals surface area contributed by atoms with Crippen molar-refractivity contribution in [2.75, 3.05) is 46.6 Å². The number of nitrogens with zero attached hydrogens (tertiary/aromatic N) is 11. The number of azo groups is 2. The maximum atomic E-state index is 12.1. The minimum absolute atomic E-state index is 0.178. The van der Waals surface area contributed by atoms with Crippen LogP contribution in [-0.4, -0.2) is 81.1 Å². The number of hydrogen-bond donors (Lipinski definition) is 4. The maximum absolute atomic E-state index is 12.1. The van der Waals surface area contributed by atoms with Gasteiger partial charge in [0.2, 0.25) is 11.9 Å². The average Bonchev–Trinajstić information content (AvgIpc) is 4.06. The van der Waals surface area contributed by atoms with Crippen molar-refractivity contribution in [3.05, 3.63) is 47.5 Å². The lowest BCUT2D eigenvalue weighted by Crippen LogP contribution is -2.21. The molecule has 1 fully saturated rings. The second-order valence-corrected chi connectivity index (χ2v) is 23.4. The number of hydrogen-bond acceptors (Lipinski definition) is 22. The third-order valence-corrected chi connectivity index (χ3v) is 19.3. The third kappa shape index (κ3) is 10.8. The fourth-order valence-corrected chi connectivity index (χ4v) is 14.8. The third-order valence-electron chi connectivity index (χ3n) is 11.1. The predicted octanol–water partition coefficient (Wildman–Crippen LogP) is 12.8. The Bertz CT molecular complexity index is 3020. The second-order valence-electron chi connectivity index (χ2n) is 15.4. The van der Waals surface area contributed by atoms with E-state index >= 15 is 0 Å². The zero-order chi connectivity index (χ0) is 47.6. The number of rotatable bonds is 18. The van der Waals surface area contributed by atoms with Crippen LogP contribution in [0.3, 0.4) is 0 Å². The molecule has 8 rings (SSSR count). The van der Waals surface area contributed by atoms with Crippen molar-refractivity contribution in [1.29, 1.82) is 0 Å². The maximum Gasteiger partial charge on any atom is 0.304 e. The molecule has 19 nitrogen and oxygen atoms in total. The van der Waals surface area contributed by atoms with Crippen molar-refractivity contribution in [2.45, 2.75) is 92.5 Å². The van der Waals surface area contributed by atoms with Crippen molar-refractivity contribution < 1.29 is 25.9 Å². The van der Waals surface area contributed by atoms with Gasteiger partial charge in [0, 0.05) is 42.8 Å². The highest BCUT2D eigenvalue weighted by molar-refractivity contribution is 7.99. The van der Waals surface area contributed by atoms with Gasteiger partial charge < -0.3 is 20.4 Å². The second kappa shape index (κ2) is 20.4. The summed E-state index contributed by atoms with van der Waals surface area (Å²) in [6, 6.07) is 11.5. The molecule has 7 aromatic rings. The van der Waals surface area contributed by atoms with Gasteiger partial charge in [-0.05, 0) is 125 Å². The molecule has 2 aromatic carbocycles. The van der Waals surface area contributed by atoms with Crippen molar-refractivity contribution in [3.8, 4) is 0 Å². The highest BCUT2D eigenvalue weighted by atomic mass is 32.3. The van der Waals surface area contributed by atoms with Crippen LogP contribution in [-0.2, 0) is 20.2 Å². The molecule has 0 bridgehead atoms. The van der Waals surface area contributed by atoms with Crippen LogP contribution in [0.2, 0.25) is 0 Å². The average molecular weight is 1040 g/mol. The molecule has 1 aliphatic rings. The number of aryl methyl sites for hydroxylation is 2. The Morgan fingerprint density at radius 1 is 0.657 bits per heavy atom. The zero-order valence-corrected chi connectivity index (χ0v) is 42.9. The lowest BCUT2D eigenvalue weighted by Gasteiger charge is -2.23. The minimum Gasteiger partial charge on any atom is -0.372 e. The summed E-state index contributed by atoms with van der Waals surface area (Å²) >= 11 is 5.54. The first-order chi connectivity index (χ1) is 32.1. The summed E-state index contributed by atoms with van der Waals surface area (Å²) in [6.45, 7) is 14.5. The van der Waals surface area contributed by atoms with E-state index in [1.807, 2.05) is 36.4 Å². The molecule has 0 radical (unpaired) electrons. The quantitative estimate of drug-likeness (QED) is 0.0460. The van der Waals surface area contributed by atoms with Gasteiger partial charge in [-0.2, -0.15) is 40.5 Å². The van der Waals surface area contributed by atoms with Crippen molar-refractivity contribution in [3.63, 3.8) is 0 Å². The number of aromatic nitrogens is 5. The van der Waals surface area contributed by atoms with Crippen LogP contribution in [0.5, 0.6) is 0 Å². The van der Waals surface area contributed by atoms with Crippen molar-refractivity contribution in [2.24, 2.45) is 20.5 Å². The fraction of sp³-hybridized carbons (Fsp3) is 0.390. The molecular formula is C41H47N13O6S7. The van der Waals surface area contributed by atoms with Crippen LogP contribution in [0, 0.1) is 13.8 Å². The van der Waals surface area contributed by atoms with Gasteiger partial charge in [-0.3, -0.25) is 9.11 Å². The first-order valence-electron chi connectivity index (χ1n) is 21.4. The van der Waals surface area contributed by atoms with Gasteiger partial charge in [-0.25, -0.2) is 0 Å². The first kappa shape index (κ1) is 48.6. The van der Waals surface area contributed by atoms with Crippen molar-refractivity contribution >= 4 is 154 Å². The molecule has 4 N–H and O–H groups in total. The van der Waals surface area contributed by atoms with E-state index in [9.17, 15) is 25.9 Å². The highest BCUT2D eigenvalue weighted by Gasteiger charge is 2.26. The molecule has 0 spiro atoms. The summed E-state index contributed by atoms with van der Waals surface area (Å²) in [5.74, 6) is 0.488. The Labute approximate surface area is 408 Å². The van der Waals surface area contributed by atoms with Crippen LogP contribution in [0.15, 0.2) is 70.4 Å². The molecule has 5 aromatic heterocycles. The van der Waals surface area contributed by atoms with E-state index in [2.05, 4.69) is 77.3 Å². The standard InChI is InChI=1S/C41H47N13O6S7/c1-7-53(8-2)24-16-18-27(47-49-33-31-22(5)37(66(55,56)57)62-35(31)51-64-33)29(20-24)42-39-44-40(46-41(45-39)61-26-14-12-11-13-15-26)43-30-21-25(54(9-3)10-4)17-19-28(30)48-50-34-32-23(6)38(67(58,59)60)63-36(32)52-65-34/h16-21,26H,7-15H2,1-6H3,(H,55,56,57)(H,58,59,60)(H2,42,43,44,45,46). The zero-order valence-electron chi connectivity index (χ0n) is 37.2. The summed E-state index contributed by atoms with van der Waals surface area (Å²) in [7, 11) is -8.90. The summed E-state index contributed by atoms with van der Waals surface area (Å²) < 4.78 is 76.4. The van der Waals surface area contributed by atoms with Gasteiger partial charge in [-0.1, -0.05) is 53.7 Å². The SMILES string of the molecule is CCN(CC)c1ccc(N=Nc2snc3sc(S(=O)(=O)O)c(C)c23)c(Nc2nc(Nc3cc(N(CC)CC)ccc3N=Nc3snc4sc(S(=O)(=O)O)c(C)c34)nc(SC3CCCCC3)n2)c1. The van der Waals surface area contributed by atoms with Crippen LogP contribution in [0.4, 0.5) is 56.0 Å². The lowest BCUT2D eigenvalue weighted by atomic mass is 10.0. The molecule has 26 heteroatoms. The van der Waals surface area contributed by atoms with Crippen LogP contribution < -0.4 is 20.4 Å². The normalized spacial score (nSPS) is 14.0. The molecule has 0 amide bonds. The number of thiophene rings is 2. The molecule has 0 unspecified atom stereocenters. The molecule has 1 saturated carbocycles. The Morgan fingerprint density at radius 2 is 1.09 bits per heavy atom. The van der Waals surface area contributed by atoms with E-state index in [1.54, 1.807) is 25.6 Å². The largest absolute Gasteiger partial charge is 0.372 e. The van der Waals surface area contributed by atoms with Crippen LogP contribution in [0.25, 0.3) is 20.4 Å². The van der Waals surface area contributed by atoms with E-state index in [-0.39, 0.29) is 20.3 Å². The first-order valence-corrected chi connectivity index (χ1v) is 28.3. The molecule has 0 saturated heterocycles. The van der Waals surface area contributed by atoms with Gasteiger partial charge >= 0.3 is 20.2 Å². The summed E-state index contributed by atoms with van der Waals surface area (Å²) in [6.07, 6.45) is 5.51. The summed E-state index contributed by atoms with van der Waals surface area (Å²) in [5, 5.41) is 27.9. The number of thioether (sulfide) groups is 1. The van der Waals surface area contributed by atoms with Gasteiger partial charge in [0.25, 0.3) is 0 Å².